The summed E-state index contributed by atoms with van der Waals surface area (Å²) in [5, 5.41) is 8.17. The number of rotatable bonds is 4. The van der Waals surface area contributed by atoms with Gasteiger partial charge in [0, 0.05) is 13.6 Å². The molecular formula is C18H16F2N4O. The van der Waals surface area contributed by atoms with E-state index in [4.69, 9.17) is 0 Å². The number of nitrogens with zero attached hydrogens (tertiary/aromatic N) is 4. The fraction of sp³-hybridized carbons (Fsp3) is 0.167. The van der Waals surface area contributed by atoms with Gasteiger partial charge >= 0.3 is 0 Å². The molecule has 0 fully saturated rings. The van der Waals surface area contributed by atoms with Gasteiger partial charge in [-0.3, -0.25) is 4.79 Å². The number of hydrogen-bond acceptors (Lipinski definition) is 3. The Bertz CT molecular complexity index is 906. The topological polar surface area (TPSA) is 51.0 Å². The lowest BCUT2D eigenvalue weighted by molar-refractivity contribution is 0.0778. The average molecular weight is 342 g/mol. The van der Waals surface area contributed by atoms with Gasteiger partial charge in [-0.15, -0.1) is 5.10 Å². The van der Waals surface area contributed by atoms with E-state index in [9.17, 15) is 13.6 Å². The number of hydrogen-bond donors (Lipinski definition) is 0. The third-order valence-electron chi connectivity index (χ3n) is 3.76. The Labute approximate surface area is 143 Å². The molecule has 0 aliphatic rings. The average Bonchev–Trinajstić information content (AvgIpc) is 3.08. The summed E-state index contributed by atoms with van der Waals surface area (Å²) in [6.07, 6.45) is 1.36. The van der Waals surface area contributed by atoms with E-state index in [1.165, 1.54) is 46.2 Å². The fourth-order valence-electron chi connectivity index (χ4n) is 2.41. The minimum absolute atomic E-state index is 0.172. The second kappa shape index (κ2) is 6.80. The van der Waals surface area contributed by atoms with Gasteiger partial charge in [0.15, 0.2) is 5.69 Å². The largest absolute Gasteiger partial charge is 0.336 e. The van der Waals surface area contributed by atoms with Crippen LogP contribution in [0, 0.1) is 18.6 Å². The number of amides is 1. The van der Waals surface area contributed by atoms with Gasteiger partial charge in [0.05, 0.1) is 11.9 Å². The van der Waals surface area contributed by atoms with Gasteiger partial charge in [-0.1, -0.05) is 12.1 Å². The number of aromatic nitrogens is 3. The molecule has 2 aromatic carbocycles. The first kappa shape index (κ1) is 16.8. The van der Waals surface area contributed by atoms with Gasteiger partial charge in [0.1, 0.15) is 11.6 Å². The van der Waals surface area contributed by atoms with E-state index >= 15 is 0 Å². The summed E-state index contributed by atoms with van der Waals surface area (Å²) >= 11 is 0. The Morgan fingerprint density at radius 3 is 2.56 bits per heavy atom. The maximum absolute atomic E-state index is 13.3. The summed E-state index contributed by atoms with van der Waals surface area (Å²) in [5.74, 6) is -0.947. The van der Waals surface area contributed by atoms with Crippen LogP contribution in [0.25, 0.3) is 5.69 Å². The van der Waals surface area contributed by atoms with E-state index < -0.39 is 0 Å². The van der Waals surface area contributed by atoms with Crippen molar-refractivity contribution in [2.24, 2.45) is 0 Å². The van der Waals surface area contributed by atoms with E-state index in [2.05, 4.69) is 10.2 Å². The Kier molecular flexibility index (Phi) is 4.56. The van der Waals surface area contributed by atoms with Crippen molar-refractivity contribution < 1.29 is 13.6 Å². The molecule has 0 aliphatic heterocycles. The Balaban J connectivity index is 1.74. The Morgan fingerprint density at radius 1 is 1.16 bits per heavy atom. The maximum atomic E-state index is 13.3. The quantitative estimate of drug-likeness (QED) is 0.732. The van der Waals surface area contributed by atoms with E-state index in [0.29, 0.717) is 17.8 Å². The van der Waals surface area contributed by atoms with Crippen LogP contribution >= 0.6 is 0 Å². The smallest absolute Gasteiger partial charge is 0.276 e. The zero-order valence-corrected chi connectivity index (χ0v) is 13.8. The first-order valence-electron chi connectivity index (χ1n) is 7.63. The molecule has 0 bridgehead atoms. The monoisotopic (exact) mass is 342 g/mol. The molecule has 5 nitrogen and oxygen atoms in total. The van der Waals surface area contributed by atoms with Crippen LogP contribution < -0.4 is 0 Å². The van der Waals surface area contributed by atoms with E-state index in [-0.39, 0.29) is 23.2 Å². The zero-order valence-electron chi connectivity index (χ0n) is 13.8. The van der Waals surface area contributed by atoms with Crippen molar-refractivity contribution in [3.05, 3.63) is 77.1 Å². The Hall–Kier alpha value is -3.09. The highest BCUT2D eigenvalue weighted by Crippen LogP contribution is 2.13. The molecule has 0 aliphatic carbocycles. The highest BCUT2D eigenvalue weighted by atomic mass is 19.1. The molecule has 0 N–H and O–H groups in total. The number of benzene rings is 2. The van der Waals surface area contributed by atoms with Crippen molar-refractivity contribution in [1.82, 2.24) is 19.9 Å². The van der Waals surface area contributed by atoms with Gasteiger partial charge in [0.2, 0.25) is 0 Å². The molecule has 7 heteroatoms. The normalized spacial score (nSPS) is 10.7. The molecule has 3 rings (SSSR count). The third-order valence-corrected chi connectivity index (χ3v) is 3.76. The molecule has 0 unspecified atom stereocenters. The van der Waals surface area contributed by atoms with Crippen molar-refractivity contribution in [2.45, 2.75) is 13.5 Å². The maximum Gasteiger partial charge on any atom is 0.276 e. The molecule has 0 saturated carbocycles. The van der Waals surface area contributed by atoms with Gasteiger partial charge in [-0.25, -0.2) is 8.78 Å². The van der Waals surface area contributed by atoms with Crippen LogP contribution in [-0.4, -0.2) is 32.8 Å². The summed E-state index contributed by atoms with van der Waals surface area (Å²) in [6.45, 7) is 2.00. The number of halogens is 2. The second-order valence-corrected chi connectivity index (χ2v) is 5.74. The number of aryl methyl sites for hydroxylation is 1. The van der Waals surface area contributed by atoms with Crippen molar-refractivity contribution >= 4 is 5.91 Å². The van der Waals surface area contributed by atoms with Crippen LogP contribution in [0.1, 0.15) is 21.6 Å². The van der Waals surface area contributed by atoms with Gasteiger partial charge in [-0.05, 0) is 48.4 Å². The summed E-state index contributed by atoms with van der Waals surface area (Å²) < 4.78 is 26.3. The molecule has 3 aromatic rings. The molecule has 1 amide bonds. The van der Waals surface area contributed by atoms with Crippen LogP contribution in [0.4, 0.5) is 8.78 Å². The van der Waals surface area contributed by atoms with Crippen molar-refractivity contribution in [2.75, 3.05) is 7.05 Å². The standard InChI is InChI=1S/C18H16F2N4O/c1-12-9-13(3-8-16(12)20)11-23(2)18(25)17-10-21-24(22-17)15-6-4-14(19)5-7-15/h3-10H,11H2,1-2H3. The highest BCUT2D eigenvalue weighted by molar-refractivity contribution is 5.91. The molecule has 25 heavy (non-hydrogen) atoms. The minimum Gasteiger partial charge on any atom is -0.336 e. The van der Waals surface area contributed by atoms with Crippen LogP contribution in [0.15, 0.2) is 48.7 Å². The predicted octanol–water partition coefficient (Wildman–Crippen LogP) is 3.13. The zero-order chi connectivity index (χ0) is 18.0. The SMILES string of the molecule is Cc1cc(CN(C)C(=O)c2cnn(-c3ccc(F)cc3)n2)ccc1F. The van der Waals surface area contributed by atoms with Gasteiger partial charge in [0.25, 0.3) is 5.91 Å². The van der Waals surface area contributed by atoms with Crippen LogP contribution in [0.2, 0.25) is 0 Å². The Morgan fingerprint density at radius 2 is 1.88 bits per heavy atom. The lowest BCUT2D eigenvalue weighted by Crippen LogP contribution is -2.26. The molecule has 0 atom stereocenters. The summed E-state index contributed by atoms with van der Waals surface area (Å²) in [7, 11) is 1.64. The number of carbonyl (C=O) groups is 1. The number of carbonyl (C=O) groups excluding carboxylic acids is 1. The summed E-state index contributed by atoms with van der Waals surface area (Å²) in [6, 6.07) is 10.4. The highest BCUT2D eigenvalue weighted by Gasteiger charge is 2.17. The first-order valence-corrected chi connectivity index (χ1v) is 7.63. The van der Waals surface area contributed by atoms with Gasteiger partial charge in [-0.2, -0.15) is 9.90 Å². The molecule has 0 saturated heterocycles. The molecular weight excluding hydrogens is 326 g/mol. The van der Waals surface area contributed by atoms with Crippen molar-refractivity contribution in [3.8, 4) is 5.69 Å². The summed E-state index contributed by atoms with van der Waals surface area (Å²) in [4.78, 5) is 15.2. The van der Waals surface area contributed by atoms with Crippen LogP contribution in [-0.2, 0) is 6.54 Å². The molecule has 0 radical (unpaired) electrons. The van der Waals surface area contributed by atoms with E-state index in [0.717, 1.165) is 5.56 Å². The fourth-order valence-corrected chi connectivity index (χ4v) is 2.41. The van der Waals surface area contributed by atoms with Crippen LogP contribution in [0.5, 0.6) is 0 Å². The molecule has 1 aromatic heterocycles. The first-order chi connectivity index (χ1) is 11.9. The molecule has 128 valence electrons. The lowest BCUT2D eigenvalue weighted by atomic mass is 10.1. The second-order valence-electron chi connectivity index (χ2n) is 5.74. The summed E-state index contributed by atoms with van der Waals surface area (Å²) in [5.41, 5.74) is 2.07. The minimum atomic E-state index is -0.360. The van der Waals surface area contributed by atoms with E-state index in [1.54, 1.807) is 26.1 Å². The molecule has 1 heterocycles. The van der Waals surface area contributed by atoms with Crippen LogP contribution in [0.3, 0.4) is 0 Å². The third kappa shape index (κ3) is 3.71. The van der Waals surface area contributed by atoms with Crippen molar-refractivity contribution in [1.29, 1.82) is 0 Å². The predicted molar refractivity (Wildman–Crippen MR) is 88.3 cm³/mol. The van der Waals surface area contributed by atoms with Crippen molar-refractivity contribution in [3.63, 3.8) is 0 Å². The lowest BCUT2D eigenvalue weighted by Gasteiger charge is -2.16. The van der Waals surface area contributed by atoms with E-state index in [1.807, 2.05) is 0 Å². The molecule has 0 spiro atoms. The van der Waals surface area contributed by atoms with Gasteiger partial charge < -0.3 is 4.90 Å².